The Balaban J connectivity index is 2.62. The maximum Gasteiger partial charge on any atom is 0.271 e. The molecule has 0 bridgehead atoms. The lowest BCUT2D eigenvalue weighted by atomic mass is 10.2. The summed E-state index contributed by atoms with van der Waals surface area (Å²) >= 11 is 5.92. The molecule has 2 aromatic rings. The number of nitro benzene ring substituents is 1. The van der Waals surface area contributed by atoms with Crippen LogP contribution in [0.15, 0.2) is 18.3 Å². The maximum atomic E-state index is 10.8. The van der Waals surface area contributed by atoms with Gasteiger partial charge in [0.25, 0.3) is 5.69 Å². The Kier molecular flexibility index (Phi) is 2.68. The zero-order valence-corrected chi connectivity index (χ0v) is 9.22. The van der Waals surface area contributed by atoms with Crippen molar-refractivity contribution in [2.75, 3.05) is 0 Å². The Hall–Kier alpha value is -2.15. The number of hydrogen-bond donors (Lipinski definition) is 1. The number of nitrogens with zero attached hydrogens (tertiary/aromatic N) is 3. The highest BCUT2D eigenvalue weighted by Gasteiger charge is 2.15. The van der Waals surface area contributed by atoms with Crippen molar-refractivity contribution in [2.24, 2.45) is 5.73 Å². The quantitative estimate of drug-likeness (QED) is 0.654. The van der Waals surface area contributed by atoms with Crippen molar-refractivity contribution in [1.82, 2.24) is 9.78 Å². The molecule has 0 atom stereocenters. The van der Waals surface area contributed by atoms with Gasteiger partial charge in [0.1, 0.15) is 6.54 Å². The summed E-state index contributed by atoms with van der Waals surface area (Å²) in [7, 11) is 0. The van der Waals surface area contributed by atoms with Crippen molar-refractivity contribution in [3.8, 4) is 0 Å². The molecular weight excluding hydrogens is 248 g/mol. The van der Waals surface area contributed by atoms with Crippen molar-refractivity contribution in [3.05, 3.63) is 33.5 Å². The molecule has 0 spiro atoms. The number of non-ortho nitro benzene ring substituents is 1. The average molecular weight is 255 g/mol. The van der Waals surface area contributed by atoms with Gasteiger partial charge in [-0.3, -0.25) is 19.6 Å². The minimum Gasteiger partial charge on any atom is -0.368 e. The van der Waals surface area contributed by atoms with Crippen LogP contribution >= 0.6 is 11.6 Å². The van der Waals surface area contributed by atoms with Gasteiger partial charge in [-0.15, -0.1) is 0 Å². The van der Waals surface area contributed by atoms with Crippen LogP contribution in [0.3, 0.4) is 0 Å². The van der Waals surface area contributed by atoms with E-state index in [9.17, 15) is 14.9 Å². The average Bonchev–Trinajstić information content (AvgIpc) is 2.60. The van der Waals surface area contributed by atoms with E-state index in [0.717, 1.165) is 0 Å². The third-order valence-corrected chi connectivity index (χ3v) is 2.48. The molecule has 1 amide bonds. The molecule has 17 heavy (non-hydrogen) atoms. The first kappa shape index (κ1) is 11.3. The van der Waals surface area contributed by atoms with E-state index in [1.165, 1.54) is 23.0 Å². The van der Waals surface area contributed by atoms with Crippen LogP contribution in [-0.2, 0) is 11.3 Å². The molecule has 0 aliphatic heterocycles. The van der Waals surface area contributed by atoms with Gasteiger partial charge in [-0.1, -0.05) is 11.6 Å². The third kappa shape index (κ3) is 2.04. The highest BCUT2D eigenvalue weighted by Crippen LogP contribution is 2.28. The Morgan fingerprint density at radius 2 is 2.29 bits per heavy atom. The number of nitro groups is 1. The zero-order chi connectivity index (χ0) is 12.6. The van der Waals surface area contributed by atoms with Crippen LogP contribution in [0.5, 0.6) is 0 Å². The molecule has 1 aromatic carbocycles. The second-order valence-corrected chi connectivity index (χ2v) is 3.80. The predicted molar refractivity (Wildman–Crippen MR) is 60.6 cm³/mol. The second kappa shape index (κ2) is 4.02. The van der Waals surface area contributed by atoms with E-state index in [-0.39, 0.29) is 17.3 Å². The number of fused-ring (bicyclic) bond motifs is 1. The van der Waals surface area contributed by atoms with Gasteiger partial charge in [0.2, 0.25) is 5.91 Å². The number of carbonyl (C=O) groups is 1. The fourth-order valence-electron chi connectivity index (χ4n) is 1.54. The maximum absolute atomic E-state index is 10.8. The van der Waals surface area contributed by atoms with E-state index < -0.39 is 10.8 Å². The van der Waals surface area contributed by atoms with Gasteiger partial charge < -0.3 is 5.73 Å². The third-order valence-electron chi connectivity index (χ3n) is 2.19. The van der Waals surface area contributed by atoms with E-state index in [1.54, 1.807) is 0 Å². The van der Waals surface area contributed by atoms with Gasteiger partial charge in [0.05, 0.1) is 21.7 Å². The predicted octanol–water partition coefficient (Wildman–Crippen LogP) is 1.08. The lowest BCUT2D eigenvalue weighted by Crippen LogP contribution is -2.19. The Bertz CT molecular complexity index is 622. The van der Waals surface area contributed by atoms with Gasteiger partial charge in [-0.2, -0.15) is 5.10 Å². The van der Waals surface area contributed by atoms with Crippen molar-refractivity contribution in [3.63, 3.8) is 0 Å². The molecule has 1 aromatic heterocycles. The molecule has 0 aliphatic carbocycles. The minimum absolute atomic E-state index is 0.124. The number of nitrogens with two attached hydrogens (primary N) is 1. The van der Waals surface area contributed by atoms with E-state index in [1.807, 2.05) is 0 Å². The van der Waals surface area contributed by atoms with Crippen LogP contribution in [0, 0.1) is 10.1 Å². The van der Waals surface area contributed by atoms with Gasteiger partial charge >= 0.3 is 0 Å². The Labute approximate surface area is 99.9 Å². The van der Waals surface area contributed by atoms with Crippen LogP contribution in [0.25, 0.3) is 10.9 Å². The molecule has 1 heterocycles. The largest absolute Gasteiger partial charge is 0.368 e. The van der Waals surface area contributed by atoms with Crippen LogP contribution in [0.4, 0.5) is 5.69 Å². The van der Waals surface area contributed by atoms with E-state index in [4.69, 9.17) is 17.3 Å². The first-order chi connectivity index (χ1) is 7.99. The monoisotopic (exact) mass is 254 g/mol. The molecule has 0 aliphatic rings. The molecular formula is C9H7ClN4O3. The van der Waals surface area contributed by atoms with Crippen LogP contribution in [0.2, 0.25) is 5.02 Å². The first-order valence-electron chi connectivity index (χ1n) is 4.57. The molecule has 0 unspecified atom stereocenters. The summed E-state index contributed by atoms with van der Waals surface area (Å²) in [5, 5.41) is 15.2. The molecule has 2 N–H and O–H groups in total. The summed E-state index contributed by atoms with van der Waals surface area (Å²) in [6.45, 7) is -0.124. The van der Waals surface area contributed by atoms with E-state index >= 15 is 0 Å². The minimum atomic E-state index is -0.565. The lowest BCUT2D eigenvalue weighted by Gasteiger charge is -2.01. The van der Waals surface area contributed by atoms with Crippen molar-refractivity contribution in [1.29, 1.82) is 0 Å². The second-order valence-electron chi connectivity index (χ2n) is 3.39. The molecule has 0 saturated heterocycles. The zero-order valence-electron chi connectivity index (χ0n) is 8.46. The number of amides is 1. The van der Waals surface area contributed by atoms with Crippen molar-refractivity contribution in [2.45, 2.75) is 6.54 Å². The summed E-state index contributed by atoms with van der Waals surface area (Å²) in [4.78, 5) is 20.9. The molecule has 0 radical (unpaired) electrons. The Morgan fingerprint density at radius 1 is 1.59 bits per heavy atom. The number of benzene rings is 1. The smallest absolute Gasteiger partial charge is 0.271 e. The molecule has 0 saturated carbocycles. The molecule has 0 fully saturated rings. The molecule has 2 rings (SSSR count). The highest BCUT2D eigenvalue weighted by molar-refractivity contribution is 6.35. The highest BCUT2D eigenvalue weighted by atomic mass is 35.5. The number of carbonyl (C=O) groups excluding carboxylic acids is 1. The summed E-state index contributed by atoms with van der Waals surface area (Å²) in [6.07, 6.45) is 1.40. The fourth-order valence-corrected chi connectivity index (χ4v) is 1.86. The number of aromatic nitrogens is 2. The van der Waals surface area contributed by atoms with Crippen LogP contribution in [0.1, 0.15) is 0 Å². The fraction of sp³-hybridized carbons (Fsp3) is 0.111. The van der Waals surface area contributed by atoms with Gasteiger partial charge in [-0.25, -0.2) is 0 Å². The summed E-state index contributed by atoms with van der Waals surface area (Å²) < 4.78 is 1.31. The van der Waals surface area contributed by atoms with Gasteiger partial charge in [-0.05, 0) is 0 Å². The first-order valence-corrected chi connectivity index (χ1v) is 4.94. The van der Waals surface area contributed by atoms with E-state index in [0.29, 0.717) is 10.9 Å². The standard InChI is InChI=1S/C9H7ClN4O3/c10-7-2-6(14(16)17)1-5-3-12-13(9(5)7)4-8(11)15/h1-3H,4H2,(H2,11,15). The summed E-state index contributed by atoms with van der Waals surface area (Å²) in [5.74, 6) is -0.565. The van der Waals surface area contributed by atoms with Gasteiger partial charge in [0, 0.05) is 17.5 Å². The number of primary amides is 1. The topological polar surface area (TPSA) is 104 Å². The normalized spacial score (nSPS) is 10.6. The Morgan fingerprint density at radius 3 is 2.88 bits per heavy atom. The number of halogens is 1. The van der Waals surface area contributed by atoms with Crippen molar-refractivity contribution < 1.29 is 9.72 Å². The van der Waals surface area contributed by atoms with Crippen molar-refractivity contribution >= 4 is 34.1 Å². The number of rotatable bonds is 3. The summed E-state index contributed by atoms with van der Waals surface area (Å²) in [6, 6.07) is 2.55. The SMILES string of the molecule is NC(=O)Cn1ncc2cc([N+](=O)[O-])cc(Cl)c21. The summed E-state index contributed by atoms with van der Waals surface area (Å²) in [5.41, 5.74) is 5.38. The van der Waals surface area contributed by atoms with Gasteiger partial charge in [0.15, 0.2) is 0 Å². The van der Waals surface area contributed by atoms with Crippen LogP contribution in [-0.4, -0.2) is 20.6 Å². The molecule has 8 heteroatoms. The number of hydrogen-bond acceptors (Lipinski definition) is 4. The van der Waals surface area contributed by atoms with E-state index in [2.05, 4.69) is 5.10 Å². The molecule has 7 nitrogen and oxygen atoms in total. The molecule has 88 valence electrons. The van der Waals surface area contributed by atoms with Crippen LogP contribution < -0.4 is 5.73 Å². The lowest BCUT2D eigenvalue weighted by molar-refractivity contribution is -0.384.